The first kappa shape index (κ1) is 16.9. The fourth-order valence-electron chi connectivity index (χ4n) is 2.92. The van der Waals surface area contributed by atoms with Crippen molar-refractivity contribution < 1.29 is 14.7 Å². The van der Waals surface area contributed by atoms with Gasteiger partial charge in [-0.25, -0.2) is 4.79 Å². The molecule has 5 heteroatoms. The maximum Gasteiger partial charge on any atom is 0.335 e. The highest BCUT2D eigenvalue weighted by molar-refractivity contribution is 7.99. The topological polar surface area (TPSA) is 57.6 Å². The molecule has 120 valence electrons. The van der Waals surface area contributed by atoms with Gasteiger partial charge < -0.3 is 10.0 Å². The van der Waals surface area contributed by atoms with Crippen LogP contribution in [0.5, 0.6) is 0 Å². The van der Waals surface area contributed by atoms with Crippen molar-refractivity contribution in [1.29, 1.82) is 0 Å². The van der Waals surface area contributed by atoms with Crippen LogP contribution < -0.4 is 0 Å². The third-order valence-corrected chi connectivity index (χ3v) is 5.49. The van der Waals surface area contributed by atoms with Crippen LogP contribution in [0.15, 0.2) is 24.3 Å². The largest absolute Gasteiger partial charge is 0.478 e. The molecular formula is C17H23NO3S. The summed E-state index contributed by atoms with van der Waals surface area (Å²) in [6.45, 7) is 2.17. The van der Waals surface area contributed by atoms with Crippen LogP contribution in [0.1, 0.15) is 42.1 Å². The summed E-state index contributed by atoms with van der Waals surface area (Å²) in [7, 11) is 1.89. The number of carbonyl (C=O) groups excluding carboxylic acids is 1. The fraction of sp³-hybridized carbons (Fsp3) is 0.529. The van der Waals surface area contributed by atoms with Crippen LogP contribution >= 0.6 is 11.8 Å². The lowest BCUT2D eigenvalue weighted by atomic mass is 10.1. The molecule has 2 atom stereocenters. The van der Waals surface area contributed by atoms with Crippen LogP contribution in [0.3, 0.4) is 0 Å². The molecule has 0 bridgehead atoms. The van der Waals surface area contributed by atoms with Crippen LogP contribution in [0.25, 0.3) is 0 Å². The molecule has 1 N–H and O–H groups in total. The molecule has 0 heterocycles. The molecule has 1 amide bonds. The average Bonchev–Trinajstić information content (AvgIpc) is 2.96. The van der Waals surface area contributed by atoms with Gasteiger partial charge in [0.2, 0.25) is 5.91 Å². The van der Waals surface area contributed by atoms with Gasteiger partial charge in [-0.1, -0.05) is 19.1 Å². The highest BCUT2D eigenvalue weighted by atomic mass is 32.2. The Labute approximate surface area is 135 Å². The molecule has 1 aliphatic rings. The predicted molar refractivity (Wildman–Crippen MR) is 89.4 cm³/mol. The molecule has 1 fully saturated rings. The average molecular weight is 321 g/mol. The molecule has 0 spiro atoms. The maximum absolute atomic E-state index is 12.4. The molecule has 2 rings (SSSR count). The third-order valence-electron chi connectivity index (χ3n) is 4.26. The normalized spacial score (nSPS) is 20.8. The number of amides is 1. The van der Waals surface area contributed by atoms with E-state index in [-0.39, 0.29) is 11.5 Å². The summed E-state index contributed by atoms with van der Waals surface area (Å²) < 4.78 is 0. The number of likely N-dealkylation sites (N-methyl/N-ethyl adjacent to an activating group) is 1. The van der Waals surface area contributed by atoms with E-state index < -0.39 is 5.97 Å². The van der Waals surface area contributed by atoms with E-state index >= 15 is 0 Å². The van der Waals surface area contributed by atoms with Crippen molar-refractivity contribution in [2.45, 2.75) is 43.9 Å². The number of carboxylic acids is 1. The molecule has 0 aliphatic heterocycles. The SMILES string of the molecule is CCSC1CCC(N(C)C(=O)Cc2ccc(C(=O)O)cc2)C1. The van der Waals surface area contributed by atoms with Gasteiger partial charge in [0.15, 0.2) is 0 Å². The number of rotatable bonds is 6. The molecule has 1 aliphatic carbocycles. The van der Waals surface area contributed by atoms with E-state index in [1.165, 1.54) is 6.42 Å². The van der Waals surface area contributed by atoms with Gasteiger partial charge in [0.1, 0.15) is 0 Å². The van der Waals surface area contributed by atoms with E-state index in [2.05, 4.69) is 6.92 Å². The van der Waals surface area contributed by atoms with Gasteiger partial charge in [0, 0.05) is 18.3 Å². The zero-order valence-electron chi connectivity index (χ0n) is 13.1. The van der Waals surface area contributed by atoms with Crippen LogP contribution in [0.4, 0.5) is 0 Å². The van der Waals surface area contributed by atoms with E-state index in [9.17, 15) is 9.59 Å². The molecule has 1 aromatic carbocycles. The summed E-state index contributed by atoms with van der Waals surface area (Å²) in [5.41, 5.74) is 1.11. The lowest BCUT2D eigenvalue weighted by molar-refractivity contribution is -0.131. The summed E-state index contributed by atoms with van der Waals surface area (Å²) in [6.07, 6.45) is 3.68. The van der Waals surface area contributed by atoms with Crippen molar-refractivity contribution in [1.82, 2.24) is 4.90 Å². The first-order chi connectivity index (χ1) is 10.5. The van der Waals surface area contributed by atoms with Gasteiger partial charge in [-0.3, -0.25) is 4.79 Å². The summed E-state index contributed by atoms with van der Waals surface area (Å²) in [4.78, 5) is 25.1. The van der Waals surface area contributed by atoms with E-state index in [0.29, 0.717) is 17.7 Å². The Kier molecular flexibility index (Phi) is 5.89. The molecule has 1 saturated carbocycles. The van der Waals surface area contributed by atoms with Gasteiger partial charge in [-0.15, -0.1) is 0 Å². The Bertz CT molecular complexity index is 529. The smallest absolute Gasteiger partial charge is 0.335 e. The van der Waals surface area contributed by atoms with E-state index in [1.807, 2.05) is 23.7 Å². The molecule has 0 aromatic heterocycles. The quantitative estimate of drug-likeness (QED) is 0.875. The number of aromatic carboxylic acids is 1. The Balaban J connectivity index is 1.90. The van der Waals surface area contributed by atoms with Crippen molar-refractivity contribution in [2.75, 3.05) is 12.8 Å². The molecule has 22 heavy (non-hydrogen) atoms. The second-order valence-corrected chi connectivity index (χ2v) is 7.31. The second kappa shape index (κ2) is 7.68. The van der Waals surface area contributed by atoms with Gasteiger partial charge in [0.25, 0.3) is 0 Å². The number of carbonyl (C=O) groups is 2. The minimum absolute atomic E-state index is 0.107. The van der Waals surface area contributed by atoms with Crippen molar-refractivity contribution in [2.24, 2.45) is 0 Å². The summed E-state index contributed by atoms with van der Waals surface area (Å²) >= 11 is 1.99. The highest BCUT2D eigenvalue weighted by Crippen LogP contribution is 2.32. The number of thioether (sulfide) groups is 1. The summed E-state index contributed by atoms with van der Waals surface area (Å²) in [5.74, 6) is 0.293. The monoisotopic (exact) mass is 321 g/mol. The molecule has 1 aromatic rings. The van der Waals surface area contributed by atoms with Crippen LogP contribution in [-0.2, 0) is 11.2 Å². The Morgan fingerprint density at radius 2 is 1.95 bits per heavy atom. The second-order valence-electron chi connectivity index (χ2n) is 5.73. The third kappa shape index (κ3) is 4.26. The maximum atomic E-state index is 12.4. The summed E-state index contributed by atoms with van der Waals surface area (Å²) in [6, 6.07) is 6.89. The highest BCUT2D eigenvalue weighted by Gasteiger charge is 2.29. The standard InChI is InChI=1S/C17H23NO3S/c1-3-22-15-9-8-14(11-15)18(2)16(19)10-12-4-6-13(7-5-12)17(20)21/h4-7,14-15H,3,8-11H2,1-2H3,(H,20,21). The van der Waals surface area contributed by atoms with Crippen molar-refractivity contribution in [3.8, 4) is 0 Å². The molecule has 0 radical (unpaired) electrons. The first-order valence-electron chi connectivity index (χ1n) is 7.70. The number of nitrogens with zero attached hydrogens (tertiary/aromatic N) is 1. The molecule has 0 saturated heterocycles. The van der Waals surface area contributed by atoms with Gasteiger partial charge in [-0.05, 0) is 42.7 Å². The van der Waals surface area contributed by atoms with E-state index in [1.54, 1.807) is 24.3 Å². The first-order valence-corrected chi connectivity index (χ1v) is 8.75. The molecule has 4 nitrogen and oxygen atoms in total. The zero-order chi connectivity index (χ0) is 16.1. The zero-order valence-corrected chi connectivity index (χ0v) is 13.9. The predicted octanol–water partition coefficient (Wildman–Crippen LogP) is 3.06. The molecular weight excluding hydrogens is 298 g/mol. The van der Waals surface area contributed by atoms with E-state index in [4.69, 9.17) is 5.11 Å². The van der Waals surface area contributed by atoms with Crippen molar-refractivity contribution in [3.05, 3.63) is 35.4 Å². The van der Waals surface area contributed by atoms with Crippen molar-refractivity contribution in [3.63, 3.8) is 0 Å². The number of hydrogen-bond donors (Lipinski definition) is 1. The summed E-state index contributed by atoms with van der Waals surface area (Å²) in [5, 5.41) is 9.56. The van der Waals surface area contributed by atoms with Crippen molar-refractivity contribution >= 4 is 23.6 Å². The number of carboxylic acid groups (broad SMARTS) is 1. The van der Waals surface area contributed by atoms with Gasteiger partial charge in [-0.2, -0.15) is 11.8 Å². The number of hydrogen-bond acceptors (Lipinski definition) is 3. The van der Waals surface area contributed by atoms with Crippen LogP contribution in [0.2, 0.25) is 0 Å². The fourth-order valence-corrected chi connectivity index (χ4v) is 4.06. The Hall–Kier alpha value is -1.49. The van der Waals surface area contributed by atoms with Gasteiger partial charge in [0.05, 0.1) is 12.0 Å². The lowest BCUT2D eigenvalue weighted by Gasteiger charge is -2.25. The van der Waals surface area contributed by atoms with Gasteiger partial charge >= 0.3 is 5.97 Å². The Morgan fingerprint density at radius 1 is 1.27 bits per heavy atom. The lowest BCUT2D eigenvalue weighted by Crippen LogP contribution is -2.36. The minimum Gasteiger partial charge on any atom is -0.478 e. The van der Waals surface area contributed by atoms with Crippen LogP contribution in [-0.4, -0.2) is 46.0 Å². The minimum atomic E-state index is -0.944. The Morgan fingerprint density at radius 3 is 2.55 bits per heavy atom. The van der Waals surface area contributed by atoms with E-state index in [0.717, 1.165) is 24.2 Å². The number of benzene rings is 1. The van der Waals surface area contributed by atoms with Crippen LogP contribution in [0, 0.1) is 0 Å². The molecule has 2 unspecified atom stereocenters.